The van der Waals surface area contributed by atoms with E-state index >= 15 is 0 Å². The Morgan fingerprint density at radius 3 is 2.94 bits per heavy atom. The first kappa shape index (κ1) is 12.2. The Labute approximate surface area is 103 Å². The smallest absolute Gasteiger partial charge is 0.127 e. The lowest BCUT2D eigenvalue weighted by Crippen LogP contribution is -2.37. The van der Waals surface area contributed by atoms with E-state index < -0.39 is 0 Å². The van der Waals surface area contributed by atoms with E-state index in [-0.39, 0.29) is 6.10 Å². The highest BCUT2D eigenvalue weighted by atomic mass is 16.3. The van der Waals surface area contributed by atoms with Gasteiger partial charge in [0.05, 0.1) is 6.10 Å². The predicted octanol–water partition coefficient (Wildman–Crippen LogP) is 1.72. The molecule has 4 nitrogen and oxygen atoms in total. The summed E-state index contributed by atoms with van der Waals surface area (Å²) in [4.78, 5) is 6.49. The molecule has 1 fully saturated rings. The lowest BCUT2D eigenvalue weighted by atomic mass is 9.82. The summed E-state index contributed by atoms with van der Waals surface area (Å²) >= 11 is 0. The van der Waals surface area contributed by atoms with Crippen molar-refractivity contribution in [1.82, 2.24) is 4.98 Å². The van der Waals surface area contributed by atoms with Crippen LogP contribution >= 0.6 is 0 Å². The van der Waals surface area contributed by atoms with E-state index in [1.54, 1.807) is 0 Å². The fraction of sp³-hybridized carbons (Fsp3) is 0.615. The molecule has 0 bridgehead atoms. The van der Waals surface area contributed by atoms with Crippen molar-refractivity contribution >= 4 is 11.5 Å². The summed E-state index contributed by atoms with van der Waals surface area (Å²) in [6.45, 7) is 3.95. The number of pyridine rings is 1. The van der Waals surface area contributed by atoms with Crippen LogP contribution in [0, 0.1) is 5.92 Å². The Kier molecular flexibility index (Phi) is 3.84. The van der Waals surface area contributed by atoms with Gasteiger partial charge in [-0.3, -0.25) is 0 Å². The third-order valence-electron chi connectivity index (χ3n) is 3.29. The first-order valence-corrected chi connectivity index (χ1v) is 6.28. The van der Waals surface area contributed by atoms with Gasteiger partial charge < -0.3 is 15.3 Å². The van der Waals surface area contributed by atoms with Crippen LogP contribution < -0.4 is 10.2 Å². The van der Waals surface area contributed by atoms with Crippen LogP contribution in [0.5, 0.6) is 0 Å². The molecule has 0 saturated heterocycles. The summed E-state index contributed by atoms with van der Waals surface area (Å²) in [6, 6.07) is 4.09. The van der Waals surface area contributed by atoms with Crippen LogP contribution in [0.3, 0.4) is 0 Å². The molecule has 4 heteroatoms. The van der Waals surface area contributed by atoms with Gasteiger partial charge in [-0.2, -0.15) is 0 Å². The number of rotatable bonds is 5. The molecule has 1 heterocycles. The maximum atomic E-state index is 9.28. The number of aromatic nitrogens is 1. The van der Waals surface area contributed by atoms with Crippen molar-refractivity contribution in [2.24, 2.45) is 5.92 Å². The largest absolute Gasteiger partial charge is 0.393 e. The second-order valence-electron chi connectivity index (χ2n) is 4.80. The second-order valence-corrected chi connectivity index (χ2v) is 4.80. The van der Waals surface area contributed by atoms with Crippen LogP contribution in [-0.4, -0.2) is 36.3 Å². The van der Waals surface area contributed by atoms with Gasteiger partial charge in [-0.15, -0.1) is 0 Å². The molecular weight excluding hydrogens is 214 g/mol. The van der Waals surface area contributed by atoms with Crippen LogP contribution in [0.25, 0.3) is 0 Å². The molecule has 1 aromatic heterocycles. The van der Waals surface area contributed by atoms with Gasteiger partial charge in [0, 0.05) is 38.1 Å². The van der Waals surface area contributed by atoms with Crippen LogP contribution in [0.15, 0.2) is 18.3 Å². The number of aliphatic hydroxyl groups excluding tert-OH is 1. The molecule has 1 saturated carbocycles. The minimum Gasteiger partial charge on any atom is -0.393 e. The van der Waals surface area contributed by atoms with E-state index in [0.717, 1.165) is 31.7 Å². The van der Waals surface area contributed by atoms with Crippen molar-refractivity contribution in [3.8, 4) is 0 Å². The third kappa shape index (κ3) is 3.09. The number of hydrogen-bond acceptors (Lipinski definition) is 4. The van der Waals surface area contributed by atoms with Gasteiger partial charge in [0.15, 0.2) is 0 Å². The van der Waals surface area contributed by atoms with Crippen molar-refractivity contribution in [3.63, 3.8) is 0 Å². The number of hydrogen-bond donors (Lipinski definition) is 2. The molecular formula is C13H21N3O. The highest BCUT2D eigenvalue weighted by molar-refractivity contribution is 5.53. The first-order chi connectivity index (χ1) is 8.19. The minimum atomic E-state index is -0.0665. The average molecular weight is 235 g/mol. The van der Waals surface area contributed by atoms with Gasteiger partial charge in [-0.25, -0.2) is 4.98 Å². The fourth-order valence-electron chi connectivity index (χ4n) is 2.28. The maximum Gasteiger partial charge on any atom is 0.127 e. The topological polar surface area (TPSA) is 48.4 Å². The fourth-order valence-corrected chi connectivity index (χ4v) is 2.28. The molecule has 0 atom stereocenters. The van der Waals surface area contributed by atoms with Crippen LogP contribution in [0.4, 0.5) is 11.5 Å². The first-order valence-electron chi connectivity index (χ1n) is 6.28. The molecule has 0 amide bonds. The van der Waals surface area contributed by atoms with Crippen LogP contribution in [0.1, 0.15) is 19.8 Å². The van der Waals surface area contributed by atoms with Gasteiger partial charge in [-0.05, 0) is 31.7 Å². The van der Waals surface area contributed by atoms with Crippen molar-refractivity contribution in [1.29, 1.82) is 0 Å². The molecule has 0 unspecified atom stereocenters. The van der Waals surface area contributed by atoms with E-state index in [2.05, 4.69) is 35.2 Å². The minimum absolute atomic E-state index is 0.0665. The zero-order valence-corrected chi connectivity index (χ0v) is 10.6. The van der Waals surface area contributed by atoms with Crippen molar-refractivity contribution < 1.29 is 5.11 Å². The van der Waals surface area contributed by atoms with Gasteiger partial charge in [0.25, 0.3) is 0 Å². The van der Waals surface area contributed by atoms with Gasteiger partial charge in [0.2, 0.25) is 0 Å². The number of anilines is 2. The van der Waals surface area contributed by atoms with E-state index in [4.69, 9.17) is 0 Å². The monoisotopic (exact) mass is 235 g/mol. The highest BCUT2D eigenvalue weighted by Crippen LogP contribution is 2.29. The summed E-state index contributed by atoms with van der Waals surface area (Å²) < 4.78 is 0. The molecule has 1 aliphatic carbocycles. The SMILES string of the molecule is CCNc1cc(N(C)CC2CC(O)C2)ccn1. The standard InChI is InChI=1S/C13H21N3O/c1-3-14-13-8-11(4-5-15-13)16(2)9-10-6-12(17)7-10/h4-5,8,10,12,17H,3,6-7,9H2,1-2H3,(H,14,15). The van der Waals surface area contributed by atoms with Gasteiger partial charge in [0.1, 0.15) is 5.82 Å². The molecule has 2 rings (SSSR count). The molecule has 2 N–H and O–H groups in total. The summed E-state index contributed by atoms with van der Waals surface area (Å²) in [6.07, 6.45) is 3.65. The molecule has 1 aromatic rings. The van der Waals surface area contributed by atoms with Crippen LogP contribution in [-0.2, 0) is 0 Å². The van der Waals surface area contributed by atoms with Gasteiger partial charge >= 0.3 is 0 Å². The lowest BCUT2D eigenvalue weighted by Gasteiger charge is -2.35. The van der Waals surface area contributed by atoms with Crippen molar-refractivity contribution in [2.45, 2.75) is 25.9 Å². The molecule has 94 valence electrons. The quantitative estimate of drug-likeness (QED) is 0.816. The maximum absolute atomic E-state index is 9.28. The molecule has 0 aromatic carbocycles. The Morgan fingerprint density at radius 1 is 1.53 bits per heavy atom. The number of aliphatic hydroxyl groups is 1. The van der Waals surface area contributed by atoms with Crippen molar-refractivity contribution in [3.05, 3.63) is 18.3 Å². The normalized spacial score (nSPS) is 23.0. The number of nitrogens with one attached hydrogen (secondary N) is 1. The highest BCUT2D eigenvalue weighted by Gasteiger charge is 2.27. The Balaban J connectivity index is 1.93. The zero-order valence-electron chi connectivity index (χ0n) is 10.6. The molecule has 0 aliphatic heterocycles. The predicted molar refractivity (Wildman–Crippen MR) is 70.4 cm³/mol. The Morgan fingerprint density at radius 2 is 2.29 bits per heavy atom. The summed E-state index contributed by atoms with van der Waals surface area (Å²) in [5.74, 6) is 1.55. The summed E-state index contributed by atoms with van der Waals surface area (Å²) in [5, 5.41) is 12.5. The molecule has 0 spiro atoms. The van der Waals surface area contributed by atoms with Crippen LogP contribution in [0.2, 0.25) is 0 Å². The second kappa shape index (κ2) is 5.36. The Bertz CT molecular complexity index is 363. The average Bonchev–Trinajstić information content (AvgIpc) is 2.28. The molecule has 0 radical (unpaired) electrons. The summed E-state index contributed by atoms with van der Waals surface area (Å²) in [5.41, 5.74) is 1.18. The third-order valence-corrected chi connectivity index (χ3v) is 3.29. The van der Waals surface area contributed by atoms with E-state index in [0.29, 0.717) is 5.92 Å². The zero-order chi connectivity index (χ0) is 12.3. The molecule has 17 heavy (non-hydrogen) atoms. The van der Waals surface area contributed by atoms with Gasteiger partial charge in [-0.1, -0.05) is 0 Å². The number of nitrogens with zero attached hydrogens (tertiary/aromatic N) is 2. The molecule has 1 aliphatic rings. The van der Waals surface area contributed by atoms with E-state index in [1.807, 2.05) is 12.3 Å². The van der Waals surface area contributed by atoms with Crippen molar-refractivity contribution in [2.75, 3.05) is 30.4 Å². The lowest BCUT2D eigenvalue weighted by molar-refractivity contribution is 0.0465. The Hall–Kier alpha value is -1.29. The van der Waals surface area contributed by atoms with E-state index in [1.165, 1.54) is 5.69 Å². The summed E-state index contributed by atoms with van der Waals surface area (Å²) in [7, 11) is 2.09. The van der Waals surface area contributed by atoms with E-state index in [9.17, 15) is 5.11 Å².